The van der Waals surface area contributed by atoms with Crippen LogP contribution in [0.1, 0.15) is 0 Å². The van der Waals surface area contributed by atoms with Crippen LogP contribution in [0.2, 0.25) is 0 Å². The lowest BCUT2D eigenvalue weighted by Crippen LogP contribution is -2.47. The number of alkyl halides is 6. The second-order valence-corrected chi connectivity index (χ2v) is 2.14. The van der Waals surface area contributed by atoms with Crippen molar-refractivity contribution in [3.8, 4) is 0 Å². The van der Waals surface area contributed by atoms with Crippen molar-refractivity contribution in [1.82, 2.24) is 0 Å². The van der Waals surface area contributed by atoms with Gasteiger partial charge in [0, 0.05) is 0 Å². The molecule has 1 atom stereocenters. The van der Waals surface area contributed by atoms with Crippen LogP contribution in [-0.2, 0) is 0 Å². The van der Waals surface area contributed by atoms with Crippen LogP contribution in [-0.4, -0.2) is 17.5 Å². The van der Waals surface area contributed by atoms with Crippen LogP contribution in [0.15, 0.2) is 0 Å². The van der Waals surface area contributed by atoms with Crippen LogP contribution in [0.25, 0.3) is 0 Å². The Morgan fingerprint density at radius 3 is 1.50 bits per heavy atom. The Morgan fingerprint density at radius 2 is 1.42 bits per heavy atom. The van der Waals surface area contributed by atoms with Gasteiger partial charge in [-0.05, 0) is 0 Å². The molecule has 0 rings (SSSR count). The molecule has 0 aromatic heterocycles. The summed E-state index contributed by atoms with van der Waals surface area (Å²) in [6.45, 7) is 0. The Labute approximate surface area is 67.3 Å². The van der Waals surface area contributed by atoms with Crippen molar-refractivity contribution in [1.29, 1.82) is 0 Å². The van der Waals surface area contributed by atoms with Gasteiger partial charge < -0.3 is 0 Å². The van der Waals surface area contributed by atoms with E-state index in [1.54, 1.807) is 0 Å². The van der Waals surface area contributed by atoms with Gasteiger partial charge in [0.1, 0.15) is 0 Å². The van der Waals surface area contributed by atoms with Crippen LogP contribution in [0.3, 0.4) is 0 Å². The maximum atomic E-state index is 11.8. The van der Waals surface area contributed by atoms with Crippen LogP contribution >= 0.6 is 11.6 Å². The van der Waals surface area contributed by atoms with Crippen LogP contribution in [0.5, 0.6) is 0 Å². The quantitative estimate of drug-likeness (QED) is 0.503. The van der Waals surface area contributed by atoms with E-state index < -0.39 is 23.9 Å². The predicted octanol–water partition coefficient (Wildman–Crippen LogP) is 3.22. The highest BCUT2D eigenvalue weighted by Crippen LogP contribution is 2.46. The highest BCUT2D eigenvalue weighted by atomic mass is 35.5. The average Bonchev–Trinajstić information content (AvgIpc) is 1.86. The van der Waals surface area contributed by atoms with Crippen LogP contribution < -0.4 is 0 Å². The molecular weight excluding hydrogens is 216 g/mol. The monoisotopic (exact) mass is 217 g/mol. The van der Waals surface area contributed by atoms with Gasteiger partial charge >= 0.3 is 18.3 Å². The molecule has 0 spiro atoms. The van der Waals surface area contributed by atoms with Gasteiger partial charge in [0.25, 0.3) is 0 Å². The molecule has 0 aliphatic rings. The Morgan fingerprint density at radius 1 is 1.08 bits per heavy atom. The van der Waals surface area contributed by atoms with Crippen molar-refractivity contribution < 1.29 is 30.7 Å². The van der Waals surface area contributed by atoms with E-state index in [1.807, 2.05) is 0 Å². The van der Waals surface area contributed by atoms with E-state index in [-0.39, 0.29) is 0 Å². The first kappa shape index (κ1) is 11.8. The third kappa shape index (κ3) is 1.75. The normalized spacial score (nSPS) is 16.8. The Balaban J connectivity index is 4.75. The van der Waals surface area contributed by atoms with E-state index in [2.05, 4.69) is 11.6 Å². The topological polar surface area (TPSA) is 0 Å². The Bertz CT molecular complexity index is 135. The fraction of sp³-hybridized carbons (Fsp3) is 0.750. The molecule has 1 radical (unpaired) electrons. The van der Waals surface area contributed by atoms with Gasteiger partial charge in [-0.25, -0.2) is 4.39 Å². The largest absolute Gasteiger partial charge is 0.384 e. The summed E-state index contributed by atoms with van der Waals surface area (Å²) in [5.74, 6) is -11.4. The molecule has 0 saturated heterocycles. The first-order valence-corrected chi connectivity index (χ1v) is 2.80. The molecule has 1 unspecified atom stereocenters. The Hall–Kier alpha value is -0.200. The predicted molar refractivity (Wildman–Crippen MR) is 26.1 cm³/mol. The maximum Gasteiger partial charge on any atom is 0.384 e. The zero-order valence-corrected chi connectivity index (χ0v) is 5.86. The highest BCUT2D eigenvalue weighted by molar-refractivity contribution is 6.20. The molecule has 73 valence electrons. The average molecular weight is 217 g/mol. The zero-order valence-electron chi connectivity index (χ0n) is 5.10. The van der Waals surface area contributed by atoms with Crippen molar-refractivity contribution in [3.05, 3.63) is 6.43 Å². The molecule has 0 heterocycles. The van der Waals surface area contributed by atoms with Crippen molar-refractivity contribution in [2.75, 3.05) is 0 Å². The Kier molecular flexibility index (Phi) is 3.22. The summed E-state index contributed by atoms with van der Waals surface area (Å²) >= 11 is 3.95. The van der Waals surface area contributed by atoms with Gasteiger partial charge in [0.2, 0.25) is 5.63 Å². The van der Waals surface area contributed by atoms with Gasteiger partial charge in [-0.15, -0.1) is 0 Å². The van der Waals surface area contributed by atoms with Gasteiger partial charge in [-0.2, -0.15) is 26.3 Å². The molecule has 0 aromatic carbocycles. The smallest absolute Gasteiger partial charge is 0.223 e. The van der Waals surface area contributed by atoms with Gasteiger partial charge in [0.05, 0.1) is 0 Å². The minimum absolute atomic E-state index is 3.87. The molecule has 0 fully saturated rings. The van der Waals surface area contributed by atoms with Crippen molar-refractivity contribution in [2.45, 2.75) is 17.5 Å². The SMILES string of the molecule is F[C](F)C(F)(F)C(F)(F)C(F)Cl. The van der Waals surface area contributed by atoms with Crippen LogP contribution in [0.4, 0.5) is 30.7 Å². The summed E-state index contributed by atoms with van der Waals surface area (Å²) < 4.78 is 80.8. The molecule has 8 heteroatoms. The maximum absolute atomic E-state index is 11.8. The van der Waals surface area contributed by atoms with Gasteiger partial charge in [-0.3, -0.25) is 0 Å². The third-order valence-corrected chi connectivity index (χ3v) is 1.20. The molecule has 0 aromatic rings. The van der Waals surface area contributed by atoms with E-state index in [0.29, 0.717) is 0 Å². The standard InChI is InChI=1S/C4HClF7/c5-1(6)3(9,10)4(11,12)2(7)8/h1H. The number of rotatable bonds is 3. The summed E-state index contributed by atoms with van der Waals surface area (Å²) in [7, 11) is 0. The van der Waals surface area contributed by atoms with Gasteiger partial charge in [-0.1, -0.05) is 11.6 Å². The van der Waals surface area contributed by atoms with E-state index >= 15 is 0 Å². The first-order chi connectivity index (χ1) is 5.14. The lowest BCUT2D eigenvalue weighted by molar-refractivity contribution is -0.241. The molecule has 0 aliphatic heterocycles. The lowest BCUT2D eigenvalue weighted by Gasteiger charge is -2.24. The van der Waals surface area contributed by atoms with E-state index in [1.165, 1.54) is 0 Å². The van der Waals surface area contributed by atoms with E-state index in [4.69, 9.17) is 0 Å². The molecule has 0 saturated carbocycles. The molecule has 12 heavy (non-hydrogen) atoms. The van der Waals surface area contributed by atoms with Crippen molar-refractivity contribution in [3.63, 3.8) is 0 Å². The summed E-state index contributed by atoms with van der Waals surface area (Å²) in [6.07, 6.45) is -3.88. The third-order valence-electron chi connectivity index (χ3n) is 0.930. The fourth-order valence-corrected chi connectivity index (χ4v) is 0.400. The number of hydrogen-bond donors (Lipinski definition) is 0. The van der Waals surface area contributed by atoms with Crippen molar-refractivity contribution in [2.24, 2.45) is 0 Å². The van der Waals surface area contributed by atoms with E-state index in [0.717, 1.165) is 0 Å². The summed E-state index contributed by atoms with van der Waals surface area (Å²) in [4.78, 5) is 0. The van der Waals surface area contributed by atoms with Crippen LogP contribution in [0, 0.1) is 6.43 Å². The minimum Gasteiger partial charge on any atom is -0.223 e. The second kappa shape index (κ2) is 3.27. The second-order valence-electron chi connectivity index (χ2n) is 1.76. The molecule has 0 amide bonds. The number of halogens is 8. The molecular formula is C4HClF7. The molecule has 0 N–H and O–H groups in total. The minimum atomic E-state index is -5.84. The van der Waals surface area contributed by atoms with Gasteiger partial charge in [0.15, 0.2) is 0 Å². The fourth-order valence-electron chi connectivity index (χ4n) is 0.263. The molecule has 0 bridgehead atoms. The highest BCUT2D eigenvalue weighted by Gasteiger charge is 2.68. The summed E-state index contributed by atoms with van der Waals surface area (Å²) in [5, 5.41) is 0. The molecule has 0 nitrogen and oxygen atoms in total. The summed E-state index contributed by atoms with van der Waals surface area (Å²) in [6, 6.07) is 0. The van der Waals surface area contributed by atoms with Crippen molar-refractivity contribution >= 4 is 11.6 Å². The zero-order chi connectivity index (χ0) is 10.2. The number of hydrogen-bond acceptors (Lipinski definition) is 0. The van der Waals surface area contributed by atoms with E-state index in [9.17, 15) is 30.7 Å². The molecule has 0 aliphatic carbocycles. The lowest BCUT2D eigenvalue weighted by atomic mass is 10.2. The summed E-state index contributed by atoms with van der Waals surface area (Å²) in [5.41, 5.74) is -3.87. The first-order valence-electron chi connectivity index (χ1n) is 2.36.